The van der Waals surface area contributed by atoms with Crippen molar-refractivity contribution in [1.29, 1.82) is 0 Å². The Hall–Kier alpha value is -2.14. The number of halogens is 1. The maximum Gasteiger partial charge on any atom is 0.242 e. The van der Waals surface area contributed by atoms with Crippen molar-refractivity contribution < 1.29 is 9.59 Å². The van der Waals surface area contributed by atoms with E-state index in [2.05, 4.69) is 52.4 Å². The molecule has 0 aromatic heterocycles. The van der Waals surface area contributed by atoms with E-state index in [4.69, 9.17) is 0 Å². The van der Waals surface area contributed by atoms with Crippen LogP contribution >= 0.6 is 15.9 Å². The van der Waals surface area contributed by atoms with Gasteiger partial charge in [0.05, 0.1) is 0 Å². The molecule has 0 spiro atoms. The molecule has 1 atom stereocenters. The zero-order valence-electron chi connectivity index (χ0n) is 17.9. The molecule has 2 amide bonds. The monoisotopic (exact) mass is 470 g/mol. The molecule has 1 aliphatic carbocycles. The van der Waals surface area contributed by atoms with Crippen molar-refractivity contribution in [3.63, 3.8) is 0 Å². The average molecular weight is 471 g/mol. The highest BCUT2D eigenvalue weighted by molar-refractivity contribution is 9.10. The quantitative estimate of drug-likeness (QED) is 0.578. The minimum absolute atomic E-state index is 0.00428. The van der Waals surface area contributed by atoms with Crippen LogP contribution in [0.4, 0.5) is 0 Å². The number of hydrogen-bond acceptors (Lipinski definition) is 2. The molecule has 1 unspecified atom stereocenters. The second-order valence-electron chi connectivity index (χ2n) is 8.30. The van der Waals surface area contributed by atoms with Gasteiger partial charge in [0.15, 0.2) is 0 Å². The fourth-order valence-electron chi connectivity index (χ4n) is 3.96. The molecule has 160 valence electrons. The first kappa shape index (κ1) is 22.5. The van der Waals surface area contributed by atoms with Crippen LogP contribution in [0, 0.1) is 6.92 Å². The highest BCUT2D eigenvalue weighted by atomic mass is 79.9. The van der Waals surface area contributed by atoms with Crippen LogP contribution in [0.25, 0.3) is 0 Å². The second kappa shape index (κ2) is 10.8. The molecule has 5 heteroatoms. The van der Waals surface area contributed by atoms with Gasteiger partial charge in [-0.1, -0.05) is 70.7 Å². The Balaban J connectivity index is 1.70. The summed E-state index contributed by atoms with van der Waals surface area (Å²) in [7, 11) is 0. The molecule has 2 aromatic rings. The predicted octanol–water partition coefficient (Wildman–Crippen LogP) is 5.17. The van der Waals surface area contributed by atoms with Gasteiger partial charge in [0, 0.05) is 23.5 Å². The van der Waals surface area contributed by atoms with Gasteiger partial charge in [-0.25, -0.2) is 0 Å². The van der Waals surface area contributed by atoms with Gasteiger partial charge in [0.25, 0.3) is 0 Å². The molecule has 1 N–H and O–H groups in total. The van der Waals surface area contributed by atoms with E-state index in [1.54, 1.807) is 4.90 Å². The van der Waals surface area contributed by atoms with E-state index in [-0.39, 0.29) is 17.9 Å². The van der Waals surface area contributed by atoms with Crippen molar-refractivity contribution in [3.05, 3.63) is 69.7 Å². The lowest BCUT2D eigenvalue weighted by Crippen LogP contribution is -2.49. The highest BCUT2D eigenvalue weighted by Crippen LogP contribution is 2.20. The number of rotatable bonds is 8. The Bertz CT molecular complexity index is 860. The number of aryl methyl sites for hydroxylation is 2. The smallest absolute Gasteiger partial charge is 0.242 e. The third-order valence-corrected chi connectivity index (χ3v) is 6.35. The van der Waals surface area contributed by atoms with Crippen molar-refractivity contribution in [1.82, 2.24) is 10.2 Å². The molecule has 0 saturated heterocycles. The molecule has 4 nitrogen and oxygen atoms in total. The van der Waals surface area contributed by atoms with Gasteiger partial charge in [0.2, 0.25) is 11.8 Å². The number of amides is 2. The van der Waals surface area contributed by atoms with Gasteiger partial charge in [0.1, 0.15) is 6.04 Å². The normalized spacial score (nSPS) is 15.0. The standard InChI is InChI=1S/C25H31BrN2O2/c1-18-10-12-20(13-11-18)14-15-24(29)28(17-21-6-5-7-22(26)16-21)19(2)25(30)27-23-8-3-4-9-23/h5-7,10-13,16,19,23H,3-4,8-9,14-15,17H2,1-2H3,(H,27,30). The molecule has 1 saturated carbocycles. The molecular weight excluding hydrogens is 440 g/mol. The third-order valence-electron chi connectivity index (χ3n) is 5.86. The fourth-order valence-corrected chi connectivity index (χ4v) is 4.40. The minimum Gasteiger partial charge on any atom is -0.352 e. The van der Waals surface area contributed by atoms with Crippen LogP contribution < -0.4 is 5.32 Å². The predicted molar refractivity (Wildman–Crippen MR) is 124 cm³/mol. The maximum absolute atomic E-state index is 13.2. The Morgan fingerprint density at radius 2 is 1.80 bits per heavy atom. The molecule has 1 fully saturated rings. The van der Waals surface area contributed by atoms with Crippen LogP contribution in [0.1, 0.15) is 55.7 Å². The molecule has 1 aliphatic rings. The van der Waals surface area contributed by atoms with E-state index < -0.39 is 6.04 Å². The Morgan fingerprint density at radius 3 is 2.47 bits per heavy atom. The van der Waals surface area contributed by atoms with Gasteiger partial charge < -0.3 is 10.2 Å². The van der Waals surface area contributed by atoms with Crippen molar-refractivity contribution in [2.24, 2.45) is 0 Å². The molecule has 0 bridgehead atoms. The first-order valence-corrected chi connectivity index (χ1v) is 11.6. The lowest BCUT2D eigenvalue weighted by molar-refractivity contribution is -0.140. The van der Waals surface area contributed by atoms with Crippen LogP contribution in [0.15, 0.2) is 53.0 Å². The van der Waals surface area contributed by atoms with Gasteiger partial charge in [-0.2, -0.15) is 0 Å². The minimum atomic E-state index is -0.505. The number of carbonyl (C=O) groups is 2. The summed E-state index contributed by atoms with van der Waals surface area (Å²) in [5, 5.41) is 3.15. The van der Waals surface area contributed by atoms with Crippen LogP contribution in [0.3, 0.4) is 0 Å². The molecule has 0 aliphatic heterocycles. The summed E-state index contributed by atoms with van der Waals surface area (Å²) < 4.78 is 0.968. The van der Waals surface area contributed by atoms with Crippen molar-refractivity contribution in [3.8, 4) is 0 Å². The lowest BCUT2D eigenvalue weighted by atomic mass is 10.1. The Morgan fingerprint density at radius 1 is 1.10 bits per heavy atom. The average Bonchev–Trinajstić information content (AvgIpc) is 3.24. The van der Waals surface area contributed by atoms with Crippen molar-refractivity contribution in [2.45, 2.75) is 71.0 Å². The highest BCUT2D eigenvalue weighted by Gasteiger charge is 2.28. The number of benzene rings is 2. The summed E-state index contributed by atoms with van der Waals surface area (Å²) in [6, 6.07) is 15.9. The first-order valence-electron chi connectivity index (χ1n) is 10.8. The van der Waals surface area contributed by atoms with Crippen molar-refractivity contribution in [2.75, 3.05) is 0 Å². The van der Waals surface area contributed by atoms with Crippen LogP contribution in [0.2, 0.25) is 0 Å². The van der Waals surface area contributed by atoms with Crippen LogP contribution in [0.5, 0.6) is 0 Å². The number of carbonyl (C=O) groups excluding carboxylic acids is 2. The van der Waals surface area contributed by atoms with E-state index >= 15 is 0 Å². The number of nitrogens with one attached hydrogen (secondary N) is 1. The Labute approximate surface area is 188 Å². The molecule has 3 rings (SSSR count). The van der Waals surface area contributed by atoms with E-state index in [0.717, 1.165) is 41.3 Å². The van der Waals surface area contributed by atoms with E-state index in [1.165, 1.54) is 5.56 Å². The zero-order valence-corrected chi connectivity index (χ0v) is 19.5. The second-order valence-corrected chi connectivity index (χ2v) is 9.22. The number of nitrogens with zero attached hydrogens (tertiary/aromatic N) is 1. The van der Waals surface area contributed by atoms with Gasteiger partial charge in [-0.15, -0.1) is 0 Å². The van der Waals surface area contributed by atoms with Gasteiger partial charge in [-0.3, -0.25) is 9.59 Å². The van der Waals surface area contributed by atoms with Crippen LogP contribution in [-0.4, -0.2) is 28.8 Å². The maximum atomic E-state index is 13.2. The summed E-state index contributed by atoms with van der Waals surface area (Å²) in [5.41, 5.74) is 3.35. The van der Waals surface area contributed by atoms with E-state index in [9.17, 15) is 9.59 Å². The van der Waals surface area contributed by atoms with E-state index in [0.29, 0.717) is 19.4 Å². The molecule has 30 heavy (non-hydrogen) atoms. The van der Waals surface area contributed by atoms with Crippen molar-refractivity contribution >= 4 is 27.7 Å². The first-order chi connectivity index (χ1) is 14.4. The molecule has 2 aromatic carbocycles. The lowest BCUT2D eigenvalue weighted by Gasteiger charge is -2.30. The topological polar surface area (TPSA) is 49.4 Å². The number of hydrogen-bond donors (Lipinski definition) is 1. The fraction of sp³-hybridized carbons (Fsp3) is 0.440. The Kier molecular flexibility index (Phi) is 8.08. The van der Waals surface area contributed by atoms with E-state index in [1.807, 2.05) is 31.2 Å². The third kappa shape index (κ3) is 6.43. The molecular formula is C25H31BrN2O2. The van der Waals surface area contributed by atoms with Crippen LogP contribution in [-0.2, 0) is 22.6 Å². The zero-order chi connectivity index (χ0) is 21.5. The summed E-state index contributed by atoms with van der Waals surface area (Å²) in [6.45, 7) is 4.32. The summed E-state index contributed by atoms with van der Waals surface area (Å²) in [6.07, 6.45) is 5.45. The van der Waals surface area contributed by atoms with Gasteiger partial charge >= 0.3 is 0 Å². The molecule has 0 radical (unpaired) electrons. The summed E-state index contributed by atoms with van der Waals surface area (Å²) in [5.74, 6) is -0.0507. The largest absolute Gasteiger partial charge is 0.352 e. The summed E-state index contributed by atoms with van der Waals surface area (Å²) in [4.78, 5) is 27.8. The SMILES string of the molecule is Cc1ccc(CCC(=O)N(Cc2cccc(Br)c2)C(C)C(=O)NC2CCCC2)cc1. The molecule has 0 heterocycles. The van der Waals surface area contributed by atoms with Gasteiger partial charge in [-0.05, 0) is 56.4 Å². The summed E-state index contributed by atoms with van der Waals surface area (Å²) >= 11 is 3.50.